The second-order valence-corrected chi connectivity index (χ2v) is 5.58. The lowest BCUT2D eigenvalue weighted by Crippen LogP contribution is -2.52. The maximum Gasteiger partial charge on any atom is 0.408 e. The molecule has 4 heteroatoms. The molecule has 1 aliphatic rings. The topological polar surface area (TPSA) is 50.4 Å². The first-order chi connectivity index (χ1) is 6.73. The average molecular weight is 214 g/mol. The van der Waals surface area contributed by atoms with Gasteiger partial charge in [0.05, 0.1) is 5.54 Å². The maximum atomic E-state index is 11.6. The molecule has 0 radical (unpaired) electrons. The fourth-order valence-corrected chi connectivity index (χ4v) is 1.65. The molecule has 1 rings (SSSR count). The Hall–Kier alpha value is -0.770. The Morgan fingerprint density at radius 1 is 1.53 bits per heavy atom. The molecule has 2 N–H and O–H groups in total. The molecule has 1 amide bonds. The lowest BCUT2D eigenvalue weighted by Gasteiger charge is -2.31. The van der Waals surface area contributed by atoms with Gasteiger partial charge >= 0.3 is 6.09 Å². The molecule has 0 aliphatic carbocycles. The summed E-state index contributed by atoms with van der Waals surface area (Å²) >= 11 is 0. The number of carbonyl (C=O) groups is 1. The van der Waals surface area contributed by atoms with Crippen molar-refractivity contribution in [2.45, 2.75) is 45.8 Å². The molecule has 88 valence electrons. The number of hydrogen-bond donors (Lipinski definition) is 2. The Morgan fingerprint density at radius 2 is 2.13 bits per heavy atom. The van der Waals surface area contributed by atoms with Crippen LogP contribution in [0.15, 0.2) is 0 Å². The Kier molecular flexibility index (Phi) is 3.28. The third kappa shape index (κ3) is 3.38. The van der Waals surface area contributed by atoms with Gasteiger partial charge in [-0.1, -0.05) is 6.92 Å². The first-order valence-electron chi connectivity index (χ1n) is 5.45. The molecule has 1 aliphatic heterocycles. The molecule has 1 saturated heterocycles. The highest BCUT2D eigenvalue weighted by Crippen LogP contribution is 2.21. The molecule has 2 atom stereocenters. The van der Waals surface area contributed by atoms with Crippen LogP contribution in [-0.2, 0) is 4.74 Å². The summed E-state index contributed by atoms with van der Waals surface area (Å²) in [4.78, 5) is 11.6. The van der Waals surface area contributed by atoms with Crippen LogP contribution in [0.5, 0.6) is 0 Å². The van der Waals surface area contributed by atoms with Crippen LogP contribution in [0.4, 0.5) is 4.79 Å². The van der Waals surface area contributed by atoms with Crippen molar-refractivity contribution in [3.63, 3.8) is 0 Å². The fraction of sp³-hybridized carbons (Fsp3) is 0.909. The van der Waals surface area contributed by atoms with Gasteiger partial charge in [-0.15, -0.1) is 0 Å². The van der Waals surface area contributed by atoms with Crippen LogP contribution in [0, 0.1) is 5.92 Å². The maximum absolute atomic E-state index is 11.6. The van der Waals surface area contributed by atoms with Gasteiger partial charge in [0.1, 0.15) is 5.60 Å². The zero-order valence-electron chi connectivity index (χ0n) is 10.3. The Labute approximate surface area is 91.8 Å². The Balaban J connectivity index is 2.51. The van der Waals surface area contributed by atoms with E-state index in [1.54, 1.807) is 0 Å². The number of amides is 1. The van der Waals surface area contributed by atoms with Gasteiger partial charge in [-0.25, -0.2) is 4.79 Å². The zero-order valence-corrected chi connectivity index (χ0v) is 10.3. The van der Waals surface area contributed by atoms with Crippen LogP contribution in [0.25, 0.3) is 0 Å². The highest BCUT2D eigenvalue weighted by atomic mass is 16.6. The molecule has 1 heterocycles. The minimum absolute atomic E-state index is 0.192. The molecule has 0 aromatic carbocycles. The van der Waals surface area contributed by atoms with Crippen LogP contribution in [-0.4, -0.2) is 30.3 Å². The SMILES string of the molecule is CC1CNCC1(C)NC(=O)OC(C)(C)C. The molecule has 1 fully saturated rings. The van der Waals surface area contributed by atoms with Gasteiger partial charge in [0, 0.05) is 13.1 Å². The zero-order chi connectivity index (χ0) is 11.7. The lowest BCUT2D eigenvalue weighted by atomic mass is 9.91. The van der Waals surface area contributed by atoms with E-state index in [9.17, 15) is 4.79 Å². The normalized spacial score (nSPS) is 31.4. The van der Waals surface area contributed by atoms with E-state index < -0.39 is 5.60 Å². The highest BCUT2D eigenvalue weighted by molar-refractivity contribution is 5.69. The minimum atomic E-state index is -0.435. The highest BCUT2D eigenvalue weighted by Gasteiger charge is 2.38. The molecule has 4 nitrogen and oxygen atoms in total. The second kappa shape index (κ2) is 4.00. The van der Waals surface area contributed by atoms with Crippen molar-refractivity contribution in [2.24, 2.45) is 5.92 Å². The third-order valence-corrected chi connectivity index (χ3v) is 2.82. The molecule has 0 spiro atoms. The summed E-state index contributed by atoms with van der Waals surface area (Å²) in [6.07, 6.45) is -0.333. The van der Waals surface area contributed by atoms with Crippen LogP contribution in [0.3, 0.4) is 0 Å². The molecule has 2 unspecified atom stereocenters. The summed E-state index contributed by atoms with van der Waals surface area (Å²) in [5, 5.41) is 6.20. The quantitative estimate of drug-likeness (QED) is 0.695. The third-order valence-electron chi connectivity index (χ3n) is 2.82. The standard InChI is InChI=1S/C11H22N2O2/c1-8-6-12-7-11(8,5)13-9(14)15-10(2,3)4/h8,12H,6-7H2,1-5H3,(H,13,14). The van der Waals surface area contributed by atoms with Crippen LogP contribution >= 0.6 is 0 Å². The smallest absolute Gasteiger partial charge is 0.408 e. The summed E-state index contributed by atoms with van der Waals surface area (Å²) in [5.74, 6) is 0.421. The predicted octanol–water partition coefficient (Wildman–Crippen LogP) is 1.51. The number of ether oxygens (including phenoxy) is 1. The molecule has 0 aromatic heterocycles. The lowest BCUT2D eigenvalue weighted by molar-refractivity contribution is 0.0453. The van der Waals surface area contributed by atoms with Crippen LogP contribution in [0.1, 0.15) is 34.6 Å². The van der Waals surface area contributed by atoms with Gasteiger partial charge in [0.15, 0.2) is 0 Å². The van der Waals surface area contributed by atoms with E-state index in [2.05, 4.69) is 17.6 Å². The number of alkyl carbamates (subject to hydrolysis) is 1. The summed E-state index contributed by atoms with van der Waals surface area (Å²) in [6, 6.07) is 0. The summed E-state index contributed by atoms with van der Waals surface area (Å²) in [6.45, 7) is 11.5. The van der Waals surface area contributed by atoms with E-state index in [1.165, 1.54) is 0 Å². The molecule has 0 bridgehead atoms. The first kappa shape index (κ1) is 12.3. The molecule has 0 saturated carbocycles. The molecular weight excluding hydrogens is 192 g/mol. The van der Waals surface area contributed by atoms with Gasteiger partial charge in [-0.3, -0.25) is 0 Å². The van der Waals surface area contributed by atoms with Crippen molar-refractivity contribution in [1.29, 1.82) is 0 Å². The summed E-state index contributed by atoms with van der Waals surface area (Å²) < 4.78 is 5.24. The minimum Gasteiger partial charge on any atom is -0.444 e. The Morgan fingerprint density at radius 3 is 2.53 bits per heavy atom. The summed E-state index contributed by atoms with van der Waals surface area (Å²) in [5.41, 5.74) is -0.627. The Bertz CT molecular complexity index is 247. The van der Waals surface area contributed by atoms with E-state index in [4.69, 9.17) is 4.74 Å². The van der Waals surface area contributed by atoms with Gasteiger partial charge < -0.3 is 15.4 Å². The largest absolute Gasteiger partial charge is 0.444 e. The van der Waals surface area contributed by atoms with Crippen molar-refractivity contribution in [1.82, 2.24) is 10.6 Å². The average Bonchev–Trinajstić information content (AvgIpc) is 2.27. The van der Waals surface area contributed by atoms with E-state index in [1.807, 2.05) is 27.7 Å². The van der Waals surface area contributed by atoms with Crippen LogP contribution < -0.4 is 10.6 Å². The van der Waals surface area contributed by atoms with E-state index >= 15 is 0 Å². The summed E-state index contributed by atoms with van der Waals surface area (Å²) in [7, 11) is 0. The number of carbonyl (C=O) groups excluding carboxylic acids is 1. The number of nitrogens with one attached hydrogen (secondary N) is 2. The monoisotopic (exact) mass is 214 g/mol. The van der Waals surface area contributed by atoms with E-state index in [-0.39, 0.29) is 11.6 Å². The first-order valence-corrected chi connectivity index (χ1v) is 5.45. The van der Waals surface area contributed by atoms with E-state index in [0.717, 1.165) is 13.1 Å². The molecule has 0 aromatic rings. The van der Waals surface area contributed by atoms with Crippen molar-refractivity contribution in [2.75, 3.05) is 13.1 Å². The van der Waals surface area contributed by atoms with Crippen molar-refractivity contribution in [3.05, 3.63) is 0 Å². The predicted molar refractivity (Wildman–Crippen MR) is 59.8 cm³/mol. The number of hydrogen-bond acceptors (Lipinski definition) is 3. The molecular formula is C11H22N2O2. The van der Waals surface area contributed by atoms with Gasteiger partial charge in [0.2, 0.25) is 0 Å². The van der Waals surface area contributed by atoms with E-state index in [0.29, 0.717) is 5.92 Å². The van der Waals surface area contributed by atoms with Gasteiger partial charge in [0.25, 0.3) is 0 Å². The van der Waals surface area contributed by atoms with Crippen LogP contribution in [0.2, 0.25) is 0 Å². The second-order valence-electron chi connectivity index (χ2n) is 5.58. The van der Waals surface area contributed by atoms with Gasteiger partial charge in [-0.05, 0) is 33.6 Å². The van der Waals surface area contributed by atoms with Crippen molar-refractivity contribution >= 4 is 6.09 Å². The fourth-order valence-electron chi connectivity index (χ4n) is 1.65. The van der Waals surface area contributed by atoms with Crippen molar-refractivity contribution in [3.8, 4) is 0 Å². The van der Waals surface area contributed by atoms with Crippen molar-refractivity contribution < 1.29 is 9.53 Å². The number of rotatable bonds is 1. The van der Waals surface area contributed by atoms with Gasteiger partial charge in [-0.2, -0.15) is 0 Å². The molecule has 15 heavy (non-hydrogen) atoms.